The summed E-state index contributed by atoms with van der Waals surface area (Å²) in [6, 6.07) is 17.4. The number of aromatic nitrogens is 2. The standard InChI is InChI=1S/C19H18Cl2N4/c1-12(2)22-19-24-17(13-6-4-3-5-7-13)11-18(25-19)23-16-9-8-14(20)10-15(16)21/h3-12H,1-2H3,(H2,22,23,24,25). The first-order chi connectivity index (χ1) is 12.0. The number of nitrogens with zero attached hydrogens (tertiary/aromatic N) is 2. The number of anilines is 3. The Morgan fingerprint density at radius 3 is 2.36 bits per heavy atom. The molecular weight excluding hydrogens is 355 g/mol. The molecule has 0 saturated carbocycles. The zero-order valence-corrected chi connectivity index (χ0v) is 15.4. The molecule has 0 unspecified atom stereocenters. The lowest BCUT2D eigenvalue weighted by Gasteiger charge is -2.14. The van der Waals surface area contributed by atoms with Crippen molar-refractivity contribution in [3.05, 3.63) is 64.6 Å². The number of hydrogen-bond acceptors (Lipinski definition) is 4. The molecule has 1 heterocycles. The van der Waals surface area contributed by atoms with Crippen molar-refractivity contribution in [2.75, 3.05) is 10.6 Å². The Hall–Kier alpha value is -2.30. The monoisotopic (exact) mass is 372 g/mol. The zero-order valence-electron chi connectivity index (χ0n) is 13.9. The average Bonchev–Trinajstić information content (AvgIpc) is 2.57. The fourth-order valence-corrected chi connectivity index (χ4v) is 2.78. The van der Waals surface area contributed by atoms with E-state index >= 15 is 0 Å². The fraction of sp³-hybridized carbons (Fsp3) is 0.158. The minimum absolute atomic E-state index is 0.220. The minimum Gasteiger partial charge on any atom is -0.352 e. The zero-order chi connectivity index (χ0) is 17.8. The molecule has 0 spiro atoms. The van der Waals surface area contributed by atoms with Crippen LogP contribution in [0.15, 0.2) is 54.6 Å². The lowest BCUT2D eigenvalue weighted by molar-refractivity contribution is 0.876. The van der Waals surface area contributed by atoms with E-state index in [9.17, 15) is 0 Å². The van der Waals surface area contributed by atoms with Crippen LogP contribution in [-0.4, -0.2) is 16.0 Å². The minimum atomic E-state index is 0.220. The third kappa shape index (κ3) is 4.62. The molecule has 0 bridgehead atoms. The van der Waals surface area contributed by atoms with Crippen molar-refractivity contribution in [1.29, 1.82) is 0 Å². The fourth-order valence-electron chi connectivity index (χ4n) is 2.32. The quantitative estimate of drug-likeness (QED) is 0.575. The van der Waals surface area contributed by atoms with Crippen molar-refractivity contribution in [3.8, 4) is 11.3 Å². The highest BCUT2D eigenvalue weighted by Crippen LogP contribution is 2.29. The van der Waals surface area contributed by atoms with Crippen LogP contribution in [0.25, 0.3) is 11.3 Å². The second kappa shape index (κ2) is 7.72. The predicted molar refractivity (Wildman–Crippen MR) is 106 cm³/mol. The maximum atomic E-state index is 6.25. The highest BCUT2D eigenvalue weighted by atomic mass is 35.5. The summed E-state index contributed by atoms with van der Waals surface area (Å²) in [5.41, 5.74) is 2.58. The van der Waals surface area contributed by atoms with Gasteiger partial charge in [0.05, 0.1) is 16.4 Å². The van der Waals surface area contributed by atoms with E-state index in [1.54, 1.807) is 12.1 Å². The molecule has 4 nitrogen and oxygen atoms in total. The molecule has 25 heavy (non-hydrogen) atoms. The van der Waals surface area contributed by atoms with Crippen LogP contribution in [0, 0.1) is 0 Å². The second-order valence-electron chi connectivity index (χ2n) is 5.88. The molecule has 2 N–H and O–H groups in total. The Kier molecular flexibility index (Phi) is 5.41. The molecule has 3 rings (SSSR count). The van der Waals surface area contributed by atoms with Crippen LogP contribution in [0.3, 0.4) is 0 Å². The molecule has 0 aliphatic heterocycles. The van der Waals surface area contributed by atoms with Gasteiger partial charge in [-0.05, 0) is 32.0 Å². The molecule has 0 saturated heterocycles. The molecule has 0 aliphatic rings. The molecule has 128 valence electrons. The van der Waals surface area contributed by atoms with Crippen LogP contribution >= 0.6 is 23.2 Å². The van der Waals surface area contributed by atoms with Gasteiger partial charge in [-0.2, -0.15) is 4.98 Å². The van der Waals surface area contributed by atoms with Gasteiger partial charge in [-0.3, -0.25) is 0 Å². The topological polar surface area (TPSA) is 49.8 Å². The summed E-state index contributed by atoms with van der Waals surface area (Å²) in [5, 5.41) is 7.61. The molecule has 0 fully saturated rings. The van der Waals surface area contributed by atoms with Crippen LogP contribution in [-0.2, 0) is 0 Å². The van der Waals surface area contributed by atoms with E-state index in [2.05, 4.69) is 20.6 Å². The first kappa shape index (κ1) is 17.5. The summed E-state index contributed by atoms with van der Waals surface area (Å²) >= 11 is 12.2. The first-order valence-corrected chi connectivity index (χ1v) is 8.70. The van der Waals surface area contributed by atoms with Crippen molar-refractivity contribution in [1.82, 2.24) is 9.97 Å². The lowest BCUT2D eigenvalue weighted by Crippen LogP contribution is -2.13. The van der Waals surface area contributed by atoms with E-state index in [1.165, 1.54) is 0 Å². The van der Waals surface area contributed by atoms with E-state index < -0.39 is 0 Å². The summed E-state index contributed by atoms with van der Waals surface area (Å²) in [7, 11) is 0. The van der Waals surface area contributed by atoms with Crippen LogP contribution in [0.2, 0.25) is 10.0 Å². The van der Waals surface area contributed by atoms with E-state index in [0.717, 1.165) is 16.9 Å². The molecule has 6 heteroatoms. The third-order valence-electron chi connectivity index (χ3n) is 3.41. The normalized spacial score (nSPS) is 10.8. The SMILES string of the molecule is CC(C)Nc1nc(Nc2ccc(Cl)cc2Cl)cc(-c2ccccc2)n1. The van der Waals surface area contributed by atoms with Crippen LogP contribution in [0.1, 0.15) is 13.8 Å². The van der Waals surface area contributed by atoms with Crippen molar-refractivity contribution >= 4 is 40.7 Å². The highest BCUT2D eigenvalue weighted by Gasteiger charge is 2.09. The Morgan fingerprint density at radius 2 is 1.68 bits per heavy atom. The van der Waals surface area contributed by atoms with Gasteiger partial charge in [-0.25, -0.2) is 4.98 Å². The van der Waals surface area contributed by atoms with Gasteiger partial charge in [0.2, 0.25) is 5.95 Å². The number of benzene rings is 2. The molecule has 2 aromatic carbocycles. The van der Waals surface area contributed by atoms with Gasteiger partial charge in [0.1, 0.15) is 5.82 Å². The van der Waals surface area contributed by atoms with E-state index in [-0.39, 0.29) is 6.04 Å². The van der Waals surface area contributed by atoms with Crippen LogP contribution in [0.4, 0.5) is 17.5 Å². The number of halogens is 2. The van der Waals surface area contributed by atoms with E-state index in [0.29, 0.717) is 21.8 Å². The van der Waals surface area contributed by atoms with Crippen LogP contribution in [0.5, 0.6) is 0 Å². The number of hydrogen-bond donors (Lipinski definition) is 2. The second-order valence-corrected chi connectivity index (χ2v) is 6.72. The molecule has 0 atom stereocenters. The maximum Gasteiger partial charge on any atom is 0.225 e. The van der Waals surface area contributed by atoms with Crippen molar-refractivity contribution in [2.24, 2.45) is 0 Å². The van der Waals surface area contributed by atoms with Gasteiger partial charge in [0, 0.05) is 22.7 Å². The molecule has 1 aromatic heterocycles. The van der Waals surface area contributed by atoms with Crippen LogP contribution < -0.4 is 10.6 Å². The van der Waals surface area contributed by atoms with E-state index in [4.69, 9.17) is 23.2 Å². The Bertz CT molecular complexity index is 867. The largest absolute Gasteiger partial charge is 0.352 e. The summed E-state index contributed by atoms with van der Waals surface area (Å²) in [6.07, 6.45) is 0. The van der Waals surface area contributed by atoms with E-state index in [1.807, 2.05) is 56.3 Å². The summed E-state index contributed by atoms with van der Waals surface area (Å²) in [6.45, 7) is 4.09. The first-order valence-electron chi connectivity index (χ1n) is 7.94. The lowest BCUT2D eigenvalue weighted by atomic mass is 10.1. The van der Waals surface area contributed by atoms with Crippen molar-refractivity contribution in [2.45, 2.75) is 19.9 Å². The Labute approximate surface area is 157 Å². The predicted octanol–water partition coefficient (Wildman–Crippen LogP) is 6.01. The molecule has 3 aromatic rings. The van der Waals surface area contributed by atoms with Gasteiger partial charge in [-0.15, -0.1) is 0 Å². The van der Waals surface area contributed by atoms with Gasteiger partial charge in [0.15, 0.2) is 0 Å². The van der Waals surface area contributed by atoms with Gasteiger partial charge in [-0.1, -0.05) is 53.5 Å². The molecular formula is C19H18Cl2N4. The van der Waals surface area contributed by atoms with Gasteiger partial charge < -0.3 is 10.6 Å². The van der Waals surface area contributed by atoms with Crippen molar-refractivity contribution in [3.63, 3.8) is 0 Å². The number of nitrogens with one attached hydrogen (secondary N) is 2. The average molecular weight is 373 g/mol. The summed E-state index contributed by atoms with van der Waals surface area (Å²) < 4.78 is 0. The molecule has 0 radical (unpaired) electrons. The maximum absolute atomic E-state index is 6.25. The molecule has 0 aliphatic carbocycles. The smallest absolute Gasteiger partial charge is 0.225 e. The Morgan fingerprint density at radius 1 is 0.920 bits per heavy atom. The molecule has 0 amide bonds. The summed E-state index contributed by atoms with van der Waals surface area (Å²) in [5.74, 6) is 1.21. The third-order valence-corrected chi connectivity index (χ3v) is 3.96. The summed E-state index contributed by atoms with van der Waals surface area (Å²) in [4.78, 5) is 9.14. The number of rotatable bonds is 5. The van der Waals surface area contributed by atoms with Gasteiger partial charge in [0.25, 0.3) is 0 Å². The Balaban J connectivity index is 2.00. The van der Waals surface area contributed by atoms with Crippen molar-refractivity contribution < 1.29 is 0 Å². The highest BCUT2D eigenvalue weighted by molar-refractivity contribution is 6.36. The van der Waals surface area contributed by atoms with Gasteiger partial charge >= 0.3 is 0 Å².